The fourth-order valence-corrected chi connectivity index (χ4v) is 5.52. The van der Waals surface area contributed by atoms with Crippen LogP contribution >= 0.6 is 0 Å². The lowest BCUT2D eigenvalue weighted by molar-refractivity contribution is -0.136. The van der Waals surface area contributed by atoms with Crippen molar-refractivity contribution in [2.45, 2.75) is 70.9 Å². The molecule has 1 saturated carbocycles. The van der Waals surface area contributed by atoms with Crippen LogP contribution in [-0.4, -0.2) is 63.3 Å². The van der Waals surface area contributed by atoms with Crippen LogP contribution in [0.3, 0.4) is 0 Å². The van der Waals surface area contributed by atoms with E-state index >= 15 is 0 Å². The molecule has 2 saturated heterocycles. The number of nitrogens with zero attached hydrogens (tertiary/aromatic N) is 4. The summed E-state index contributed by atoms with van der Waals surface area (Å²) in [7, 11) is 0. The predicted octanol–water partition coefficient (Wildman–Crippen LogP) is 3.92. The number of likely N-dealkylation sites (tertiary alicyclic amines) is 1. The van der Waals surface area contributed by atoms with Crippen LogP contribution in [-0.2, 0) is 11.3 Å². The number of hydrogen-bond donors (Lipinski definition) is 0. The molecule has 2 aliphatic heterocycles. The molecular formula is C24H36N4O2. The number of aromatic nitrogens is 1. The third-order valence-corrected chi connectivity index (χ3v) is 7.14. The zero-order valence-electron chi connectivity index (χ0n) is 18.6. The van der Waals surface area contributed by atoms with E-state index in [1.54, 1.807) is 6.20 Å². The largest absolute Gasteiger partial charge is 0.328 e. The molecular weight excluding hydrogens is 376 g/mol. The number of urea groups is 1. The Morgan fingerprint density at radius 1 is 1.10 bits per heavy atom. The van der Waals surface area contributed by atoms with Gasteiger partial charge in [-0.1, -0.05) is 39.2 Å². The van der Waals surface area contributed by atoms with E-state index in [2.05, 4.69) is 23.7 Å². The molecule has 1 aromatic rings. The van der Waals surface area contributed by atoms with Crippen LogP contribution in [0.2, 0.25) is 0 Å². The van der Waals surface area contributed by atoms with Crippen molar-refractivity contribution in [3.63, 3.8) is 0 Å². The molecule has 0 bridgehead atoms. The molecule has 6 heteroatoms. The number of hydrogen-bond acceptors (Lipinski definition) is 4. The average Bonchev–Trinajstić information content (AvgIpc) is 2.93. The van der Waals surface area contributed by atoms with Gasteiger partial charge in [-0.15, -0.1) is 0 Å². The monoisotopic (exact) mass is 412 g/mol. The van der Waals surface area contributed by atoms with E-state index in [0.29, 0.717) is 12.5 Å². The molecule has 0 radical (unpaired) electrons. The van der Waals surface area contributed by atoms with Crippen molar-refractivity contribution in [2.75, 3.05) is 26.2 Å². The van der Waals surface area contributed by atoms with Crippen LogP contribution in [0.1, 0.15) is 64.5 Å². The Morgan fingerprint density at radius 3 is 2.47 bits per heavy atom. The summed E-state index contributed by atoms with van der Waals surface area (Å²) < 4.78 is 0. The fraction of sp³-hybridized carbons (Fsp3) is 0.708. The molecule has 1 aliphatic carbocycles. The number of imide groups is 1. The highest BCUT2D eigenvalue weighted by Gasteiger charge is 2.57. The second-order valence-corrected chi connectivity index (χ2v) is 9.84. The van der Waals surface area contributed by atoms with E-state index in [0.717, 1.165) is 44.1 Å². The minimum absolute atomic E-state index is 0.0175. The maximum atomic E-state index is 13.6. The molecule has 30 heavy (non-hydrogen) atoms. The van der Waals surface area contributed by atoms with Gasteiger partial charge in [0.2, 0.25) is 0 Å². The lowest BCUT2D eigenvalue weighted by atomic mass is 9.83. The molecule has 0 aromatic carbocycles. The first-order valence-corrected chi connectivity index (χ1v) is 11.8. The van der Waals surface area contributed by atoms with Crippen molar-refractivity contribution in [3.8, 4) is 0 Å². The second kappa shape index (κ2) is 9.04. The van der Waals surface area contributed by atoms with Crippen LogP contribution in [0.25, 0.3) is 0 Å². The number of rotatable bonds is 6. The minimum Gasteiger partial charge on any atom is -0.309 e. The quantitative estimate of drug-likeness (QED) is 0.665. The molecule has 0 N–H and O–H groups in total. The van der Waals surface area contributed by atoms with E-state index < -0.39 is 5.54 Å². The fourth-order valence-electron chi connectivity index (χ4n) is 5.52. The highest BCUT2D eigenvalue weighted by Crippen LogP contribution is 2.39. The summed E-state index contributed by atoms with van der Waals surface area (Å²) in [6, 6.07) is 5.50. The molecule has 0 unspecified atom stereocenters. The Labute approximate surface area is 180 Å². The molecule has 3 amide bonds. The van der Waals surface area contributed by atoms with Crippen molar-refractivity contribution in [1.82, 2.24) is 19.7 Å². The van der Waals surface area contributed by atoms with Gasteiger partial charge in [-0.25, -0.2) is 4.79 Å². The topological polar surface area (TPSA) is 56.8 Å². The molecule has 3 heterocycles. The van der Waals surface area contributed by atoms with Gasteiger partial charge in [-0.3, -0.25) is 14.7 Å². The summed E-state index contributed by atoms with van der Waals surface area (Å²) in [6.45, 7) is 8.09. The summed E-state index contributed by atoms with van der Waals surface area (Å²) in [5.74, 6) is 1.12. The number of carbonyl (C=O) groups is 2. The van der Waals surface area contributed by atoms with Crippen LogP contribution in [0, 0.1) is 11.8 Å². The average molecular weight is 413 g/mol. The van der Waals surface area contributed by atoms with E-state index in [4.69, 9.17) is 0 Å². The van der Waals surface area contributed by atoms with Gasteiger partial charge in [0.05, 0.1) is 12.2 Å². The molecule has 164 valence electrons. The third kappa shape index (κ3) is 4.25. The second-order valence-electron chi connectivity index (χ2n) is 9.84. The maximum Gasteiger partial charge on any atom is 0.328 e. The minimum atomic E-state index is -0.667. The van der Waals surface area contributed by atoms with Gasteiger partial charge in [-0.05, 0) is 49.7 Å². The zero-order valence-corrected chi connectivity index (χ0v) is 18.6. The van der Waals surface area contributed by atoms with E-state index in [1.807, 2.05) is 23.1 Å². The molecule has 1 spiro atoms. The highest BCUT2D eigenvalue weighted by atomic mass is 16.2. The summed E-state index contributed by atoms with van der Waals surface area (Å²) in [5, 5.41) is 0. The molecule has 6 nitrogen and oxygen atoms in total. The van der Waals surface area contributed by atoms with Gasteiger partial charge >= 0.3 is 6.03 Å². The first kappa shape index (κ1) is 21.3. The Bertz CT molecular complexity index is 737. The van der Waals surface area contributed by atoms with Crippen molar-refractivity contribution < 1.29 is 9.59 Å². The smallest absolute Gasteiger partial charge is 0.309 e. The highest BCUT2D eigenvalue weighted by molar-refractivity contribution is 6.07. The van der Waals surface area contributed by atoms with Gasteiger partial charge in [0, 0.05) is 32.4 Å². The SMILES string of the molecule is CC(C)CN1C(=O)N(Cc2ccccn2)C(=O)C12CCN(CC1CCCCC1)CC2. The third-order valence-electron chi connectivity index (χ3n) is 7.14. The Morgan fingerprint density at radius 2 is 1.83 bits per heavy atom. The van der Waals surface area contributed by atoms with Crippen LogP contribution in [0.5, 0.6) is 0 Å². The van der Waals surface area contributed by atoms with Crippen molar-refractivity contribution in [3.05, 3.63) is 30.1 Å². The Kier molecular flexibility index (Phi) is 6.42. The zero-order chi connectivity index (χ0) is 21.1. The Balaban J connectivity index is 1.48. The summed E-state index contributed by atoms with van der Waals surface area (Å²) >= 11 is 0. The van der Waals surface area contributed by atoms with E-state index in [1.165, 1.54) is 37.0 Å². The lowest BCUT2D eigenvalue weighted by Gasteiger charge is -2.43. The number of amides is 3. The number of piperidine rings is 1. The van der Waals surface area contributed by atoms with Gasteiger partial charge in [0.15, 0.2) is 0 Å². The maximum absolute atomic E-state index is 13.6. The molecule has 4 rings (SSSR count). The summed E-state index contributed by atoms with van der Waals surface area (Å²) in [4.78, 5) is 37.1. The van der Waals surface area contributed by atoms with E-state index in [-0.39, 0.29) is 18.5 Å². The summed E-state index contributed by atoms with van der Waals surface area (Å²) in [6.07, 6.45) is 10.00. The molecule has 3 fully saturated rings. The van der Waals surface area contributed by atoms with E-state index in [9.17, 15) is 9.59 Å². The van der Waals surface area contributed by atoms with Crippen molar-refractivity contribution in [1.29, 1.82) is 0 Å². The first-order valence-electron chi connectivity index (χ1n) is 11.8. The standard InChI is InChI=1S/C24H36N4O2/c1-19(2)16-28-23(30)27(18-21-10-6-7-13-25-21)22(29)24(28)11-14-26(15-12-24)17-20-8-4-3-5-9-20/h6-7,10,13,19-20H,3-5,8-9,11-12,14-18H2,1-2H3. The molecule has 3 aliphatic rings. The lowest BCUT2D eigenvalue weighted by Crippen LogP contribution is -2.57. The van der Waals surface area contributed by atoms with Gasteiger partial charge < -0.3 is 9.80 Å². The van der Waals surface area contributed by atoms with Crippen LogP contribution in [0.4, 0.5) is 4.79 Å². The van der Waals surface area contributed by atoms with Crippen LogP contribution in [0.15, 0.2) is 24.4 Å². The Hall–Kier alpha value is -1.95. The summed E-state index contributed by atoms with van der Waals surface area (Å²) in [5.41, 5.74) is 0.0922. The van der Waals surface area contributed by atoms with Gasteiger partial charge in [-0.2, -0.15) is 0 Å². The molecule has 1 aromatic heterocycles. The van der Waals surface area contributed by atoms with Crippen molar-refractivity contribution >= 4 is 11.9 Å². The first-order chi connectivity index (χ1) is 14.5. The van der Waals surface area contributed by atoms with Crippen LogP contribution < -0.4 is 0 Å². The molecule has 0 atom stereocenters. The number of pyridine rings is 1. The van der Waals surface area contributed by atoms with Gasteiger partial charge in [0.1, 0.15) is 5.54 Å². The normalized spacial score (nSPS) is 23.2. The predicted molar refractivity (Wildman–Crippen MR) is 117 cm³/mol. The number of carbonyl (C=O) groups excluding carboxylic acids is 2. The van der Waals surface area contributed by atoms with Gasteiger partial charge in [0.25, 0.3) is 5.91 Å². The van der Waals surface area contributed by atoms with Crippen molar-refractivity contribution in [2.24, 2.45) is 11.8 Å².